The summed E-state index contributed by atoms with van der Waals surface area (Å²) in [5.41, 5.74) is -1.46. The van der Waals surface area contributed by atoms with E-state index in [0.29, 0.717) is 16.2 Å². The summed E-state index contributed by atoms with van der Waals surface area (Å²) in [6, 6.07) is 3.86. The maximum atomic E-state index is 13.6. The van der Waals surface area contributed by atoms with Crippen LogP contribution in [0.1, 0.15) is 13.8 Å². The Morgan fingerprint density at radius 3 is 2.46 bits per heavy atom. The second-order valence-electron chi connectivity index (χ2n) is 5.99. The number of nitrogens with one attached hydrogen (secondary N) is 1. The van der Waals surface area contributed by atoms with Gasteiger partial charge in [0.2, 0.25) is 5.91 Å². The highest BCUT2D eigenvalue weighted by molar-refractivity contribution is 7.17. The van der Waals surface area contributed by atoms with Crippen molar-refractivity contribution in [3.63, 3.8) is 0 Å². The minimum atomic E-state index is -0.915. The Balaban J connectivity index is 2.26. The molecule has 0 spiro atoms. The van der Waals surface area contributed by atoms with Crippen LogP contribution in [-0.4, -0.2) is 21.1 Å². The summed E-state index contributed by atoms with van der Waals surface area (Å²) < 4.78 is 29.1. The minimum absolute atomic E-state index is 0.126. The number of carbonyl (C=O) groups is 1. The predicted molar refractivity (Wildman–Crippen MR) is 94.9 cm³/mol. The van der Waals surface area contributed by atoms with E-state index in [2.05, 4.69) is 5.32 Å². The first-order chi connectivity index (χ1) is 12.3. The van der Waals surface area contributed by atoms with Crippen molar-refractivity contribution in [2.45, 2.75) is 26.4 Å². The minimum Gasteiger partial charge on any atom is -0.352 e. The van der Waals surface area contributed by atoms with Crippen LogP contribution in [0.15, 0.2) is 39.2 Å². The van der Waals surface area contributed by atoms with E-state index in [-0.39, 0.29) is 23.0 Å². The van der Waals surface area contributed by atoms with Crippen LogP contribution in [0, 0.1) is 11.6 Å². The first kappa shape index (κ1) is 18.0. The molecule has 0 aliphatic carbocycles. The van der Waals surface area contributed by atoms with Gasteiger partial charge < -0.3 is 5.32 Å². The summed E-state index contributed by atoms with van der Waals surface area (Å²) >= 11 is 1.08. The maximum absolute atomic E-state index is 13.6. The van der Waals surface area contributed by atoms with E-state index in [1.165, 1.54) is 0 Å². The van der Waals surface area contributed by atoms with Crippen LogP contribution < -0.4 is 16.6 Å². The average Bonchev–Trinajstić information content (AvgIpc) is 2.99. The first-order valence-electron chi connectivity index (χ1n) is 7.77. The van der Waals surface area contributed by atoms with Gasteiger partial charge in [0.25, 0.3) is 5.56 Å². The van der Waals surface area contributed by atoms with Gasteiger partial charge in [-0.3, -0.25) is 14.2 Å². The van der Waals surface area contributed by atoms with Crippen molar-refractivity contribution in [1.29, 1.82) is 0 Å². The Kier molecular flexibility index (Phi) is 4.73. The molecule has 6 nitrogen and oxygen atoms in total. The number of nitrogens with zero attached hydrogens (tertiary/aromatic N) is 2. The van der Waals surface area contributed by atoms with Crippen LogP contribution >= 0.6 is 11.3 Å². The molecule has 1 N–H and O–H groups in total. The fourth-order valence-corrected chi connectivity index (χ4v) is 3.47. The van der Waals surface area contributed by atoms with E-state index in [9.17, 15) is 23.2 Å². The monoisotopic (exact) mass is 379 g/mol. The van der Waals surface area contributed by atoms with Crippen molar-refractivity contribution in [2.75, 3.05) is 0 Å². The van der Waals surface area contributed by atoms with Crippen molar-refractivity contribution in [2.24, 2.45) is 0 Å². The van der Waals surface area contributed by atoms with Gasteiger partial charge in [-0.2, -0.15) is 0 Å². The van der Waals surface area contributed by atoms with Gasteiger partial charge in [-0.25, -0.2) is 18.1 Å². The van der Waals surface area contributed by atoms with Crippen LogP contribution in [0.4, 0.5) is 8.78 Å². The van der Waals surface area contributed by atoms with Crippen molar-refractivity contribution in [3.05, 3.63) is 62.1 Å². The quantitative estimate of drug-likeness (QED) is 0.754. The summed E-state index contributed by atoms with van der Waals surface area (Å²) in [5.74, 6) is -2.24. The van der Waals surface area contributed by atoms with E-state index in [1.54, 1.807) is 25.3 Å². The van der Waals surface area contributed by atoms with E-state index >= 15 is 0 Å². The molecule has 0 saturated carbocycles. The molecule has 1 aromatic carbocycles. The van der Waals surface area contributed by atoms with Crippen molar-refractivity contribution < 1.29 is 13.6 Å². The number of rotatable bonds is 4. The second kappa shape index (κ2) is 6.83. The van der Waals surface area contributed by atoms with Gasteiger partial charge in [-0.15, -0.1) is 11.3 Å². The molecule has 0 fully saturated rings. The molecule has 0 aliphatic heterocycles. The van der Waals surface area contributed by atoms with Gasteiger partial charge in [-0.1, -0.05) is 0 Å². The molecule has 3 aromatic rings. The number of carbonyl (C=O) groups excluding carboxylic acids is 1. The van der Waals surface area contributed by atoms with E-state index in [0.717, 1.165) is 28.0 Å². The highest BCUT2D eigenvalue weighted by Crippen LogP contribution is 2.17. The highest BCUT2D eigenvalue weighted by atomic mass is 32.1. The summed E-state index contributed by atoms with van der Waals surface area (Å²) in [5, 5.41) is 4.27. The first-order valence-corrected chi connectivity index (χ1v) is 8.65. The van der Waals surface area contributed by atoms with Crippen LogP contribution in [0.25, 0.3) is 15.9 Å². The summed E-state index contributed by atoms with van der Waals surface area (Å²) in [6.45, 7) is 3.23. The number of benzene rings is 1. The Labute approximate surface area is 150 Å². The van der Waals surface area contributed by atoms with Gasteiger partial charge in [0.1, 0.15) is 22.9 Å². The molecular formula is C17H15F2N3O3S. The van der Waals surface area contributed by atoms with Crippen LogP contribution in [0.3, 0.4) is 0 Å². The van der Waals surface area contributed by atoms with Gasteiger partial charge in [0.15, 0.2) is 0 Å². The SMILES string of the molecule is CC(C)NC(=O)Cn1c(=O)n(-c2cc(F)cc(F)c2)c(=O)c2sccc21. The predicted octanol–water partition coefficient (Wildman–Crippen LogP) is 2.02. The smallest absolute Gasteiger partial charge is 0.336 e. The van der Waals surface area contributed by atoms with Crippen molar-refractivity contribution >= 4 is 27.5 Å². The Bertz CT molecular complexity index is 1090. The molecule has 2 aromatic heterocycles. The molecule has 2 heterocycles. The highest BCUT2D eigenvalue weighted by Gasteiger charge is 2.18. The normalized spacial score (nSPS) is 11.3. The number of amides is 1. The molecule has 0 atom stereocenters. The zero-order valence-electron chi connectivity index (χ0n) is 14.0. The number of hydrogen-bond acceptors (Lipinski definition) is 4. The molecule has 0 radical (unpaired) electrons. The van der Waals surface area contributed by atoms with E-state index < -0.39 is 28.8 Å². The largest absolute Gasteiger partial charge is 0.352 e. The Hall–Kier alpha value is -2.81. The molecule has 136 valence electrons. The molecule has 1 amide bonds. The number of hydrogen-bond donors (Lipinski definition) is 1. The molecule has 0 bridgehead atoms. The third-order valence-electron chi connectivity index (χ3n) is 3.61. The summed E-state index contributed by atoms with van der Waals surface area (Å²) in [7, 11) is 0. The van der Waals surface area contributed by atoms with Gasteiger partial charge in [0.05, 0.1) is 11.2 Å². The Morgan fingerprint density at radius 2 is 1.85 bits per heavy atom. The molecule has 0 aliphatic rings. The van der Waals surface area contributed by atoms with E-state index in [4.69, 9.17) is 0 Å². The lowest BCUT2D eigenvalue weighted by Gasteiger charge is -2.13. The zero-order valence-corrected chi connectivity index (χ0v) is 14.8. The van der Waals surface area contributed by atoms with Crippen LogP contribution in [0.2, 0.25) is 0 Å². The summed E-state index contributed by atoms with van der Waals surface area (Å²) in [4.78, 5) is 37.6. The van der Waals surface area contributed by atoms with E-state index in [1.807, 2.05) is 0 Å². The lowest BCUT2D eigenvalue weighted by molar-refractivity contribution is -0.122. The zero-order chi connectivity index (χ0) is 19.0. The number of aromatic nitrogens is 2. The average molecular weight is 379 g/mol. The van der Waals surface area contributed by atoms with Gasteiger partial charge in [0, 0.05) is 12.1 Å². The third kappa shape index (κ3) is 3.30. The fraction of sp³-hybridized carbons (Fsp3) is 0.235. The molecule has 26 heavy (non-hydrogen) atoms. The number of thiophene rings is 1. The number of halogens is 2. The topological polar surface area (TPSA) is 73.1 Å². The standard InChI is InChI=1S/C17H15F2N3O3S/c1-9(2)20-14(23)8-21-13-3-4-26-15(13)16(24)22(17(21)25)12-6-10(18)5-11(19)7-12/h3-7,9H,8H2,1-2H3,(H,20,23). The van der Waals surface area contributed by atoms with Crippen LogP contribution in [-0.2, 0) is 11.3 Å². The van der Waals surface area contributed by atoms with Crippen LogP contribution in [0.5, 0.6) is 0 Å². The van der Waals surface area contributed by atoms with Gasteiger partial charge >= 0.3 is 5.69 Å². The lowest BCUT2D eigenvalue weighted by atomic mass is 10.3. The molecule has 0 unspecified atom stereocenters. The molecular weight excluding hydrogens is 364 g/mol. The summed E-state index contributed by atoms with van der Waals surface area (Å²) in [6.07, 6.45) is 0. The maximum Gasteiger partial charge on any atom is 0.336 e. The molecule has 9 heteroatoms. The third-order valence-corrected chi connectivity index (χ3v) is 4.50. The van der Waals surface area contributed by atoms with Crippen molar-refractivity contribution in [3.8, 4) is 5.69 Å². The lowest BCUT2D eigenvalue weighted by Crippen LogP contribution is -2.42. The molecule has 0 saturated heterocycles. The fourth-order valence-electron chi connectivity index (χ4n) is 2.65. The Morgan fingerprint density at radius 1 is 1.19 bits per heavy atom. The second-order valence-corrected chi connectivity index (χ2v) is 6.91. The molecule has 3 rings (SSSR count). The number of fused-ring (bicyclic) bond motifs is 1. The van der Waals surface area contributed by atoms with Crippen molar-refractivity contribution in [1.82, 2.24) is 14.5 Å². The van der Waals surface area contributed by atoms with Gasteiger partial charge in [-0.05, 0) is 37.4 Å².